The van der Waals surface area contributed by atoms with Crippen molar-refractivity contribution in [2.75, 3.05) is 23.9 Å². The van der Waals surface area contributed by atoms with Gasteiger partial charge in [-0.2, -0.15) is 0 Å². The molecule has 2 aromatic carbocycles. The second-order valence-corrected chi connectivity index (χ2v) is 7.12. The molecule has 1 heterocycles. The van der Waals surface area contributed by atoms with Crippen LogP contribution in [0.4, 0.5) is 11.4 Å². The van der Waals surface area contributed by atoms with Gasteiger partial charge in [-0.1, -0.05) is 30.7 Å². The number of nitrogens with one attached hydrogen (secondary N) is 1. The molecule has 142 valence electrons. The molecule has 1 saturated heterocycles. The number of hydrogen-bond donors (Lipinski definition) is 1. The number of benzene rings is 2. The Morgan fingerprint density at radius 1 is 1.30 bits per heavy atom. The number of halogens is 1. The van der Waals surface area contributed by atoms with Crippen LogP contribution in [0.25, 0.3) is 0 Å². The number of methoxy groups -OCH3 is 1. The fraction of sp³-hybridized carbons (Fsp3) is 0.333. The molecule has 0 saturated carbocycles. The monoisotopic (exact) mass is 386 g/mol. The summed E-state index contributed by atoms with van der Waals surface area (Å²) in [5.74, 6) is -0.158. The highest BCUT2D eigenvalue weighted by Crippen LogP contribution is 2.32. The third-order valence-electron chi connectivity index (χ3n) is 4.89. The molecule has 6 heteroatoms. The van der Waals surface area contributed by atoms with Crippen molar-refractivity contribution in [1.82, 2.24) is 0 Å². The number of aryl methyl sites for hydroxylation is 2. The van der Waals surface area contributed by atoms with Gasteiger partial charge in [-0.05, 0) is 42.7 Å². The predicted molar refractivity (Wildman–Crippen MR) is 108 cm³/mol. The minimum atomic E-state index is -0.413. The Balaban J connectivity index is 1.73. The van der Waals surface area contributed by atoms with E-state index in [9.17, 15) is 9.59 Å². The molecule has 27 heavy (non-hydrogen) atoms. The molecule has 1 aliphatic heterocycles. The fourth-order valence-corrected chi connectivity index (χ4v) is 3.36. The van der Waals surface area contributed by atoms with E-state index < -0.39 is 5.92 Å². The summed E-state index contributed by atoms with van der Waals surface area (Å²) >= 11 is 6.11. The first-order valence-electron chi connectivity index (χ1n) is 8.97. The third kappa shape index (κ3) is 4.08. The highest BCUT2D eigenvalue weighted by molar-refractivity contribution is 6.31. The van der Waals surface area contributed by atoms with E-state index in [4.69, 9.17) is 16.3 Å². The molecule has 2 aromatic rings. The summed E-state index contributed by atoms with van der Waals surface area (Å²) in [6.07, 6.45) is 1.14. The van der Waals surface area contributed by atoms with Gasteiger partial charge in [0.2, 0.25) is 11.8 Å². The molecule has 1 fully saturated rings. The molecule has 1 N–H and O–H groups in total. The third-order valence-corrected chi connectivity index (χ3v) is 5.30. The molecule has 0 aromatic heterocycles. The van der Waals surface area contributed by atoms with E-state index >= 15 is 0 Å². The molecule has 1 unspecified atom stereocenters. The van der Waals surface area contributed by atoms with Gasteiger partial charge in [-0.3, -0.25) is 9.59 Å². The molecular formula is C21H23ClN2O3. The van der Waals surface area contributed by atoms with Crippen molar-refractivity contribution in [2.45, 2.75) is 26.7 Å². The van der Waals surface area contributed by atoms with E-state index in [0.29, 0.717) is 23.0 Å². The number of carbonyl (C=O) groups is 2. The second-order valence-electron chi connectivity index (χ2n) is 6.72. The standard InChI is InChI=1S/C21H23ClN2O3/c1-4-14-5-7-16(8-6-14)24-12-15(10-20(24)25)21(26)23-18-9-13(2)17(22)11-19(18)27-3/h5-9,11,15H,4,10,12H2,1-3H3,(H,23,26). The Kier molecular flexibility index (Phi) is 5.71. The van der Waals surface area contributed by atoms with Crippen molar-refractivity contribution in [1.29, 1.82) is 0 Å². The van der Waals surface area contributed by atoms with E-state index in [1.54, 1.807) is 17.0 Å². The Morgan fingerprint density at radius 2 is 2.00 bits per heavy atom. The molecule has 1 aliphatic rings. The lowest BCUT2D eigenvalue weighted by Gasteiger charge is -2.18. The van der Waals surface area contributed by atoms with Gasteiger partial charge < -0.3 is 15.0 Å². The first-order valence-corrected chi connectivity index (χ1v) is 9.35. The SMILES string of the molecule is CCc1ccc(N2CC(C(=O)Nc3cc(C)c(Cl)cc3OC)CC2=O)cc1. The van der Waals surface area contributed by atoms with Crippen molar-refractivity contribution >= 4 is 34.8 Å². The van der Waals surface area contributed by atoms with Crippen molar-refractivity contribution in [3.8, 4) is 5.75 Å². The van der Waals surface area contributed by atoms with Gasteiger partial charge in [0, 0.05) is 29.7 Å². The maximum atomic E-state index is 12.7. The van der Waals surface area contributed by atoms with Gasteiger partial charge in [-0.25, -0.2) is 0 Å². The summed E-state index contributed by atoms with van der Waals surface area (Å²) < 4.78 is 5.30. The van der Waals surface area contributed by atoms with E-state index in [2.05, 4.69) is 12.2 Å². The molecule has 2 amide bonds. The average molecular weight is 387 g/mol. The largest absolute Gasteiger partial charge is 0.495 e. The normalized spacial score (nSPS) is 16.5. The van der Waals surface area contributed by atoms with Gasteiger partial charge in [0.25, 0.3) is 0 Å². The van der Waals surface area contributed by atoms with Crippen LogP contribution in [-0.4, -0.2) is 25.5 Å². The van der Waals surface area contributed by atoms with E-state index in [0.717, 1.165) is 17.7 Å². The van der Waals surface area contributed by atoms with Gasteiger partial charge in [0.15, 0.2) is 0 Å². The van der Waals surface area contributed by atoms with Gasteiger partial charge >= 0.3 is 0 Å². The molecule has 0 radical (unpaired) electrons. The quantitative estimate of drug-likeness (QED) is 0.837. The number of nitrogens with zero attached hydrogens (tertiary/aromatic N) is 1. The highest BCUT2D eigenvalue weighted by atomic mass is 35.5. The Hall–Kier alpha value is -2.53. The second kappa shape index (κ2) is 8.01. The van der Waals surface area contributed by atoms with Crippen LogP contribution in [0.3, 0.4) is 0 Å². The zero-order valence-electron chi connectivity index (χ0n) is 15.7. The van der Waals surface area contributed by atoms with Crippen LogP contribution in [0.15, 0.2) is 36.4 Å². The minimum absolute atomic E-state index is 0.0429. The maximum absolute atomic E-state index is 12.7. The van der Waals surface area contributed by atoms with Crippen molar-refractivity contribution in [3.63, 3.8) is 0 Å². The Labute approximate surface area is 164 Å². The lowest BCUT2D eigenvalue weighted by Crippen LogP contribution is -2.28. The molecule has 1 atom stereocenters. The van der Waals surface area contributed by atoms with Crippen molar-refractivity contribution in [3.05, 3.63) is 52.5 Å². The van der Waals surface area contributed by atoms with Gasteiger partial charge in [0.05, 0.1) is 18.7 Å². The number of anilines is 2. The topological polar surface area (TPSA) is 58.6 Å². The number of hydrogen-bond acceptors (Lipinski definition) is 3. The summed E-state index contributed by atoms with van der Waals surface area (Å²) in [5, 5.41) is 3.45. The Bertz CT molecular complexity index is 864. The predicted octanol–water partition coefficient (Wildman–Crippen LogP) is 4.21. The van der Waals surface area contributed by atoms with Crippen LogP contribution < -0.4 is 15.0 Å². The fourth-order valence-electron chi connectivity index (χ4n) is 3.21. The van der Waals surface area contributed by atoms with Crippen LogP contribution in [0, 0.1) is 12.8 Å². The lowest BCUT2D eigenvalue weighted by molar-refractivity contribution is -0.122. The summed E-state index contributed by atoms with van der Waals surface area (Å²) in [6, 6.07) is 11.3. The first kappa shape index (κ1) is 19.2. The number of carbonyl (C=O) groups excluding carboxylic acids is 2. The zero-order valence-corrected chi connectivity index (χ0v) is 16.5. The number of amides is 2. The van der Waals surface area contributed by atoms with Crippen LogP contribution >= 0.6 is 11.6 Å². The number of ether oxygens (including phenoxy) is 1. The average Bonchev–Trinajstić information content (AvgIpc) is 3.06. The highest BCUT2D eigenvalue weighted by Gasteiger charge is 2.35. The van der Waals surface area contributed by atoms with E-state index in [-0.39, 0.29) is 18.2 Å². The van der Waals surface area contributed by atoms with Gasteiger partial charge in [0.1, 0.15) is 5.75 Å². The molecule has 0 aliphatic carbocycles. The van der Waals surface area contributed by atoms with Crippen LogP contribution in [0.2, 0.25) is 5.02 Å². The lowest BCUT2D eigenvalue weighted by atomic mass is 10.1. The molecule has 0 spiro atoms. The summed E-state index contributed by atoms with van der Waals surface area (Å²) in [5.41, 5.74) is 3.44. The molecule has 3 rings (SSSR count). The van der Waals surface area contributed by atoms with E-state index in [1.165, 1.54) is 12.7 Å². The smallest absolute Gasteiger partial charge is 0.229 e. The molecule has 5 nitrogen and oxygen atoms in total. The van der Waals surface area contributed by atoms with Crippen LogP contribution in [-0.2, 0) is 16.0 Å². The van der Waals surface area contributed by atoms with Crippen LogP contribution in [0.5, 0.6) is 5.75 Å². The van der Waals surface area contributed by atoms with Crippen LogP contribution in [0.1, 0.15) is 24.5 Å². The summed E-state index contributed by atoms with van der Waals surface area (Å²) in [7, 11) is 1.53. The minimum Gasteiger partial charge on any atom is -0.495 e. The van der Waals surface area contributed by atoms with E-state index in [1.807, 2.05) is 31.2 Å². The van der Waals surface area contributed by atoms with Gasteiger partial charge in [-0.15, -0.1) is 0 Å². The first-order chi connectivity index (χ1) is 12.9. The number of rotatable bonds is 5. The zero-order chi connectivity index (χ0) is 19.6. The molecule has 0 bridgehead atoms. The summed E-state index contributed by atoms with van der Waals surface area (Å²) in [6.45, 7) is 4.31. The Morgan fingerprint density at radius 3 is 2.63 bits per heavy atom. The summed E-state index contributed by atoms with van der Waals surface area (Å²) in [4.78, 5) is 26.8. The van der Waals surface area contributed by atoms with Crippen molar-refractivity contribution in [2.24, 2.45) is 5.92 Å². The maximum Gasteiger partial charge on any atom is 0.229 e. The molecular weight excluding hydrogens is 364 g/mol. The van der Waals surface area contributed by atoms with Crippen molar-refractivity contribution < 1.29 is 14.3 Å².